The zero-order chi connectivity index (χ0) is 11.4. The van der Waals surface area contributed by atoms with Crippen LogP contribution in [0.5, 0.6) is 0 Å². The van der Waals surface area contributed by atoms with Crippen LogP contribution in [0, 0.1) is 0 Å². The van der Waals surface area contributed by atoms with E-state index in [0.717, 1.165) is 6.54 Å². The van der Waals surface area contributed by atoms with Crippen molar-refractivity contribution in [1.82, 2.24) is 0 Å². The molecule has 0 saturated carbocycles. The summed E-state index contributed by atoms with van der Waals surface area (Å²) in [5.41, 5.74) is 0. The van der Waals surface area contributed by atoms with Gasteiger partial charge in [0, 0.05) is 0 Å². The van der Waals surface area contributed by atoms with E-state index < -0.39 is 0 Å². The molecule has 0 bridgehead atoms. The molecule has 0 rings (SSSR count). The van der Waals surface area contributed by atoms with Gasteiger partial charge in [-0.3, -0.25) is 0 Å². The Kier molecular flexibility index (Phi) is 18.1. The molecule has 0 saturated heterocycles. The van der Waals surface area contributed by atoms with E-state index in [-0.39, 0.29) is 17.0 Å². The lowest BCUT2D eigenvalue weighted by Crippen LogP contribution is -3.09. The highest BCUT2D eigenvalue weighted by Gasteiger charge is 1.99. The normalized spacial score (nSPS) is 12.2. The second-order valence-electron chi connectivity index (χ2n) is 4.66. The minimum atomic E-state index is 0. The maximum absolute atomic E-state index is 8.74. The summed E-state index contributed by atoms with van der Waals surface area (Å²) in [6.45, 7) is 4.70. The number of aliphatic hydroxyl groups excluding tert-OH is 1. The second-order valence-corrected chi connectivity index (χ2v) is 4.66. The van der Waals surface area contributed by atoms with Crippen LogP contribution in [-0.4, -0.2) is 31.9 Å². The van der Waals surface area contributed by atoms with Crippen molar-refractivity contribution in [2.24, 2.45) is 0 Å². The van der Waals surface area contributed by atoms with Gasteiger partial charge in [0.1, 0.15) is 6.54 Å². The van der Waals surface area contributed by atoms with Gasteiger partial charge in [0.25, 0.3) is 0 Å². The Hall–Kier alpha value is 0.400. The van der Waals surface area contributed by atoms with Crippen LogP contribution in [-0.2, 0) is 0 Å². The molecule has 0 fully saturated rings. The van der Waals surface area contributed by atoms with Gasteiger partial charge in [-0.15, -0.1) is 0 Å². The van der Waals surface area contributed by atoms with Crippen molar-refractivity contribution in [2.75, 3.05) is 26.7 Å². The first-order valence-corrected chi connectivity index (χ1v) is 6.73. The molecule has 0 amide bonds. The number of hydrogen-bond donors (Lipinski definition) is 2. The van der Waals surface area contributed by atoms with Crippen molar-refractivity contribution in [3.63, 3.8) is 0 Å². The van der Waals surface area contributed by atoms with Crippen molar-refractivity contribution >= 4 is 0 Å². The fourth-order valence-electron chi connectivity index (χ4n) is 1.88. The zero-order valence-electron chi connectivity index (χ0n) is 11.1. The molecular formula is C13H30BrNO. The van der Waals surface area contributed by atoms with Crippen LogP contribution in [0.2, 0.25) is 0 Å². The molecule has 16 heavy (non-hydrogen) atoms. The summed E-state index contributed by atoms with van der Waals surface area (Å²) in [5.74, 6) is 0. The van der Waals surface area contributed by atoms with E-state index in [0.29, 0.717) is 6.61 Å². The quantitative estimate of drug-likeness (QED) is 0.452. The number of unbranched alkanes of at least 4 members (excludes halogenated alkanes) is 7. The highest BCUT2D eigenvalue weighted by atomic mass is 79.9. The molecule has 100 valence electrons. The molecule has 0 aliphatic rings. The summed E-state index contributed by atoms with van der Waals surface area (Å²) in [5, 5.41) is 8.74. The standard InChI is InChI=1S/C13H29NO.BrH/c1-3-4-5-6-7-8-9-10-11-14(2)12-13-15;/h15H,3-13H2,1-2H3;1H. The van der Waals surface area contributed by atoms with Gasteiger partial charge in [-0.1, -0.05) is 45.4 Å². The molecular weight excluding hydrogens is 266 g/mol. The number of halogens is 1. The predicted molar refractivity (Wildman–Crippen MR) is 66.3 cm³/mol. The fourth-order valence-corrected chi connectivity index (χ4v) is 1.88. The number of quaternary nitrogens is 1. The summed E-state index contributed by atoms with van der Waals surface area (Å²) < 4.78 is 0. The molecule has 0 aliphatic carbocycles. The molecule has 2 N–H and O–H groups in total. The number of aliphatic hydroxyl groups is 1. The Morgan fingerprint density at radius 3 is 1.81 bits per heavy atom. The van der Waals surface area contributed by atoms with Gasteiger partial charge in [0.15, 0.2) is 0 Å². The van der Waals surface area contributed by atoms with Crippen LogP contribution >= 0.6 is 0 Å². The Bertz CT molecular complexity index is 123. The Morgan fingerprint density at radius 1 is 0.812 bits per heavy atom. The Morgan fingerprint density at radius 2 is 1.31 bits per heavy atom. The molecule has 0 radical (unpaired) electrons. The molecule has 1 atom stereocenters. The van der Waals surface area contributed by atoms with Gasteiger partial charge < -0.3 is 27.0 Å². The maximum Gasteiger partial charge on any atom is 0.100 e. The van der Waals surface area contributed by atoms with E-state index in [1.54, 1.807) is 0 Å². The van der Waals surface area contributed by atoms with Crippen molar-refractivity contribution in [3.05, 3.63) is 0 Å². The number of nitrogens with one attached hydrogen (secondary N) is 1. The number of likely N-dealkylation sites (N-methyl/N-ethyl adjacent to an activating group) is 1. The Balaban J connectivity index is 0. The van der Waals surface area contributed by atoms with Crippen LogP contribution in [0.4, 0.5) is 0 Å². The fraction of sp³-hybridized carbons (Fsp3) is 1.00. The van der Waals surface area contributed by atoms with E-state index in [4.69, 9.17) is 5.11 Å². The van der Waals surface area contributed by atoms with Gasteiger partial charge in [-0.25, -0.2) is 0 Å². The molecule has 0 spiro atoms. The van der Waals surface area contributed by atoms with Crippen LogP contribution in [0.1, 0.15) is 58.3 Å². The summed E-state index contributed by atoms with van der Waals surface area (Å²) in [7, 11) is 2.16. The SMILES string of the molecule is CCCCCCCCCC[NH+](C)CCO.[Br-]. The molecule has 2 nitrogen and oxygen atoms in total. The van der Waals surface area contributed by atoms with E-state index in [2.05, 4.69) is 14.0 Å². The van der Waals surface area contributed by atoms with Gasteiger partial charge in [0.05, 0.1) is 20.2 Å². The highest BCUT2D eigenvalue weighted by Crippen LogP contribution is 2.07. The van der Waals surface area contributed by atoms with Crippen molar-refractivity contribution in [3.8, 4) is 0 Å². The number of hydrogen-bond acceptors (Lipinski definition) is 1. The lowest BCUT2D eigenvalue weighted by atomic mass is 10.1. The third-order valence-corrected chi connectivity index (χ3v) is 3.00. The third kappa shape index (κ3) is 14.4. The average molecular weight is 296 g/mol. The topological polar surface area (TPSA) is 24.7 Å². The first kappa shape index (κ1) is 18.8. The zero-order valence-corrected chi connectivity index (χ0v) is 12.7. The largest absolute Gasteiger partial charge is 1.00 e. The Labute approximate surface area is 112 Å². The van der Waals surface area contributed by atoms with Crippen LogP contribution < -0.4 is 21.9 Å². The van der Waals surface area contributed by atoms with Crippen LogP contribution in [0.25, 0.3) is 0 Å². The molecule has 0 aromatic carbocycles. The molecule has 0 aliphatic heterocycles. The van der Waals surface area contributed by atoms with E-state index >= 15 is 0 Å². The first-order valence-electron chi connectivity index (χ1n) is 6.73. The van der Waals surface area contributed by atoms with E-state index in [9.17, 15) is 0 Å². The summed E-state index contributed by atoms with van der Waals surface area (Å²) in [6.07, 6.45) is 11.1. The molecule has 0 heterocycles. The summed E-state index contributed by atoms with van der Waals surface area (Å²) in [6, 6.07) is 0. The van der Waals surface area contributed by atoms with Crippen LogP contribution in [0.3, 0.4) is 0 Å². The summed E-state index contributed by atoms with van der Waals surface area (Å²) >= 11 is 0. The second kappa shape index (κ2) is 15.4. The third-order valence-electron chi connectivity index (χ3n) is 3.00. The highest BCUT2D eigenvalue weighted by molar-refractivity contribution is 4.45. The predicted octanol–water partition coefficient (Wildman–Crippen LogP) is -1.36. The lowest BCUT2D eigenvalue weighted by molar-refractivity contribution is -0.880. The van der Waals surface area contributed by atoms with Gasteiger partial charge in [-0.2, -0.15) is 0 Å². The molecule has 3 heteroatoms. The maximum atomic E-state index is 8.74. The molecule has 1 unspecified atom stereocenters. The minimum Gasteiger partial charge on any atom is -1.00 e. The molecule has 0 aromatic rings. The minimum absolute atomic E-state index is 0. The lowest BCUT2D eigenvalue weighted by Gasteiger charge is -2.11. The monoisotopic (exact) mass is 295 g/mol. The van der Waals surface area contributed by atoms with Crippen molar-refractivity contribution in [2.45, 2.75) is 58.3 Å². The van der Waals surface area contributed by atoms with Crippen LogP contribution in [0.15, 0.2) is 0 Å². The van der Waals surface area contributed by atoms with Gasteiger partial charge in [-0.05, 0) is 12.8 Å². The van der Waals surface area contributed by atoms with Gasteiger partial charge in [0.2, 0.25) is 0 Å². The smallest absolute Gasteiger partial charge is 0.100 e. The van der Waals surface area contributed by atoms with Crippen molar-refractivity contribution < 1.29 is 27.0 Å². The average Bonchev–Trinajstić information content (AvgIpc) is 2.22. The number of rotatable bonds is 11. The van der Waals surface area contributed by atoms with E-state index in [1.807, 2.05) is 0 Å². The first-order chi connectivity index (χ1) is 7.31. The van der Waals surface area contributed by atoms with Gasteiger partial charge >= 0.3 is 0 Å². The van der Waals surface area contributed by atoms with E-state index in [1.165, 1.54) is 62.8 Å². The van der Waals surface area contributed by atoms with Crippen molar-refractivity contribution in [1.29, 1.82) is 0 Å². The summed E-state index contributed by atoms with van der Waals surface area (Å²) in [4.78, 5) is 1.46. The molecule has 0 aromatic heterocycles.